The highest BCUT2D eigenvalue weighted by molar-refractivity contribution is 5.91. The molecule has 0 radical (unpaired) electrons. The molecule has 7 heteroatoms. The molecule has 0 aromatic carbocycles. The van der Waals surface area contributed by atoms with Gasteiger partial charge in [0.15, 0.2) is 0 Å². The first-order valence-electron chi connectivity index (χ1n) is 6.67. The number of hydrogen-bond acceptors (Lipinski definition) is 4. The van der Waals surface area contributed by atoms with Crippen molar-refractivity contribution in [2.75, 3.05) is 0 Å². The minimum atomic E-state index is -1.13. The normalized spacial score (nSPS) is 15.6. The number of hydrogen-bond donors (Lipinski definition) is 4. The molecule has 0 aromatic rings. The SMILES string of the molecule is CC(C)[C@@H](N)C(=O)N[C@@H](C(=O)N[C@H](C)C(=O)O)C(C)C. The molecule has 20 heavy (non-hydrogen) atoms. The van der Waals surface area contributed by atoms with Crippen molar-refractivity contribution in [3.8, 4) is 0 Å². The molecule has 2 amide bonds. The number of amides is 2. The van der Waals surface area contributed by atoms with Crippen molar-refractivity contribution in [1.82, 2.24) is 10.6 Å². The van der Waals surface area contributed by atoms with Gasteiger partial charge in [-0.1, -0.05) is 27.7 Å². The third-order valence-corrected chi connectivity index (χ3v) is 3.00. The molecule has 0 aliphatic heterocycles. The van der Waals surface area contributed by atoms with Crippen molar-refractivity contribution in [2.45, 2.75) is 52.7 Å². The van der Waals surface area contributed by atoms with Gasteiger partial charge in [-0.2, -0.15) is 0 Å². The predicted molar refractivity (Wildman–Crippen MR) is 74.8 cm³/mol. The molecule has 0 rings (SSSR count). The van der Waals surface area contributed by atoms with Gasteiger partial charge in [0.2, 0.25) is 11.8 Å². The van der Waals surface area contributed by atoms with Gasteiger partial charge in [-0.3, -0.25) is 14.4 Å². The molecular formula is C13H25N3O4. The zero-order valence-corrected chi connectivity index (χ0v) is 12.6. The number of nitrogens with one attached hydrogen (secondary N) is 2. The lowest BCUT2D eigenvalue weighted by atomic mass is 10.00. The quantitative estimate of drug-likeness (QED) is 0.512. The van der Waals surface area contributed by atoms with Gasteiger partial charge in [0, 0.05) is 0 Å². The largest absolute Gasteiger partial charge is 0.480 e. The molecule has 3 atom stereocenters. The Balaban J connectivity index is 4.77. The lowest BCUT2D eigenvalue weighted by molar-refractivity contribution is -0.142. The number of carboxylic acid groups (broad SMARTS) is 1. The predicted octanol–water partition coefficient (Wildman–Crippen LogP) is -0.300. The van der Waals surface area contributed by atoms with Crippen LogP contribution in [0.3, 0.4) is 0 Å². The summed E-state index contributed by atoms with van der Waals surface area (Å²) in [5, 5.41) is 13.7. The van der Waals surface area contributed by atoms with E-state index in [1.807, 2.05) is 0 Å². The Kier molecular flexibility index (Phi) is 7.20. The number of rotatable bonds is 7. The maximum absolute atomic E-state index is 12.0. The summed E-state index contributed by atoms with van der Waals surface area (Å²) in [7, 11) is 0. The topological polar surface area (TPSA) is 122 Å². The van der Waals surface area contributed by atoms with E-state index in [-0.39, 0.29) is 11.8 Å². The van der Waals surface area contributed by atoms with Crippen LogP contribution in [0.25, 0.3) is 0 Å². The van der Waals surface area contributed by atoms with Gasteiger partial charge >= 0.3 is 5.97 Å². The molecule has 0 saturated heterocycles. The molecule has 116 valence electrons. The lowest BCUT2D eigenvalue weighted by Gasteiger charge is -2.25. The lowest BCUT2D eigenvalue weighted by Crippen LogP contribution is -2.56. The molecule has 0 aliphatic rings. The number of carbonyl (C=O) groups excluding carboxylic acids is 2. The van der Waals surface area contributed by atoms with Crippen molar-refractivity contribution in [3.05, 3.63) is 0 Å². The summed E-state index contributed by atoms with van der Waals surface area (Å²) in [6, 6.07) is -2.53. The second-order valence-electron chi connectivity index (χ2n) is 5.57. The molecule has 5 N–H and O–H groups in total. The van der Waals surface area contributed by atoms with Gasteiger partial charge in [0.05, 0.1) is 6.04 Å². The monoisotopic (exact) mass is 287 g/mol. The fraction of sp³-hybridized carbons (Fsp3) is 0.769. The van der Waals surface area contributed by atoms with Gasteiger partial charge in [0.25, 0.3) is 0 Å². The maximum atomic E-state index is 12.0. The van der Waals surface area contributed by atoms with Crippen LogP contribution in [0.4, 0.5) is 0 Å². The smallest absolute Gasteiger partial charge is 0.325 e. The summed E-state index contributed by atoms with van der Waals surface area (Å²) in [6.07, 6.45) is 0. The number of aliphatic carboxylic acids is 1. The van der Waals surface area contributed by atoms with E-state index in [2.05, 4.69) is 10.6 Å². The van der Waals surface area contributed by atoms with Crippen molar-refractivity contribution >= 4 is 17.8 Å². The van der Waals surface area contributed by atoms with E-state index in [0.717, 1.165) is 0 Å². The van der Waals surface area contributed by atoms with Crippen LogP contribution in [0.2, 0.25) is 0 Å². The minimum Gasteiger partial charge on any atom is -0.480 e. The third-order valence-electron chi connectivity index (χ3n) is 3.00. The molecule has 7 nitrogen and oxygen atoms in total. The molecule has 0 spiro atoms. The van der Waals surface area contributed by atoms with E-state index >= 15 is 0 Å². The van der Waals surface area contributed by atoms with E-state index in [9.17, 15) is 14.4 Å². The van der Waals surface area contributed by atoms with Gasteiger partial charge in [-0.15, -0.1) is 0 Å². The van der Waals surface area contributed by atoms with Gasteiger partial charge < -0.3 is 21.5 Å². The van der Waals surface area contributed by atoms with E-state index in [0.29, 0.717) is 0 Å². The maximum Gasteiger partial charge on any atom is 0.325 e. The van der Waals surface area contributed by atoms with Crippen molar-refractivity contribution in [2.24, 2.45) is 17.6 Å². The highest BCUT2D eigenvalue weighted by Crippen LogP contribution is 2.05. The van der Waals surface area contributed by atoms with Crippen LogP contribution < -0.4 is 16.4 Å². The fourth-order valence-corrected chi connectivity index (χ4v) is 1.45. The van der Waals surface area contributed by atoms with E-state index in [1.54, 1.807) is 27.7 Å². The third kappa shape index (κ3) is 5.56. The Morgan fingerprint density at radius 1 is 0.900 bits per heavy atom. The van der Waals surface area contributed by atoms with Crippen LogP contribution in [0.5, 0.6) is 0 Å². The number of carboxylic acids is 1. The van der Waals surface area contributed by atoms with Crippen molar-refractivity contribution in [3.63, 3.8) is 0 Å². The Morgan fingerprint density at radius 2 is 1.40 bits per heavy atom. The molecule has 0 aromatic heterocycles. The molecule has 0 unspecified atom stereocenters. The minimum absolute atomic E-state index is 0.0520. The van der Waals surface area contributed by atoms with Crippen LogP contribution in [-0.4, -0.2) is 41.0 Å². The van der Waals surface area contributed by atoms with Crippen molar-refractivity contribution in [1.29, 1.82) is 0 Å². The van der Waals surface area contributed by atoms with E-state index in [4.69, 9.17) is 10.8 Å². The molecule has 0 heterocycles. The highest BCUT2D eigenvalue weighted by atomic mass is 16.4. The first-order chi connectivity index (χ1) is 9.07. The van der Waals surface area contributed by atoms with Crippen molar-refractivity contribution < 1.29 is 19.5 Å². The second kappa shape index (κ2) is 7.84. The molecular weight excluding hydrogens is 262 g/mol. The Bertz CT molecular complexity index is 369. The number of nitrogens with two attached hydrogens (primary N) is 1. The van der Waals surface area contributed by atoms with Gasteiger partial charge in [0.1, 0.15) is 12.1 Å². The summed E-state index contributed by atoms with van der Waals surface area (Å²) >= 11 is 0. The second-order valence-corrected chi connectivity index (χ2v) is 5.57. The van der Waals surface area contributed by atoms with Gasteiger partial charge in [-0.25, -0.2) is 0 Å². The molecule has 0 bridgehead atoms. The molecule has 0 saturated carbocycles. The van der Waals surface area contributed by atoms with Gasteiger partial charge in [-0.05, 0) is 18.8 Å². The summed E-state index contributed by atoms with van der Waals surface area (Å²) in [4.78, 5) is 34.6. The van der Waals surface area contributed by atoms with E-state index in [1.165, 1.54) is 6.92 Å². The summed E-state index contributed by atoms with van der Waals surface area (Å²) in [5.74, 6) is -2.31. The first-order valence-corrected chi connectivity index (χ1v) is 6.67. The Hall–Kier alpha value is -1.63. The Labute approximate surface area is 119 Å². The molecule has 0 fully saturated rings. The first kappa shape index (κ1) is 18.4. The van der Waals surface area contributed by atoms with Crippen LogP contribution in [0, 0.1) is 11.8 Å². The number of carbonyl (C=O) groups is 3. The summed E-state index contributed by atoms with van der Waals surface area (Å²) < 4.78 is 0. The van der Waals surface area contributed by atoms with Crippen LogP contribution in [0.1, 0.15) is 34.6 Å². The average Bonchev–Trinajstić information content (AvgIpc) is 2.33. The van der Waals surface area contributed by atoms with Crippen LogP contribution in [-0.2, 0) is 14.4 Å². The van der Waals surface area contributed by atoms with E-state index < -0.39 is 35.9 Å². The summed E-state index contributed by atoms with van der Waals surface area (Å²) in [5.41, 5.74) is 5.72. The summed E-state index contributed by atoms with van der Waals surface area (Å²) in [6.45, 7) is 8.50. The molecule has 0 aliphatic carbocycles. The average molecular weight is 287 g/mol. The zero-order chi connectivity index (χ0) is 16.0. The fourth-order valence-electron chi connectivity index (χ4n) is 1.45. The van der Waals surface area contributed by atoms with Crippen LogP contribution in [0.15, 0.2) is 0 Å². The standard InChI is InChI=1S/C13H25N3O4/c1-6(2)9(14)11(17)16-10(7(3)4)12(18)15-8(5)13(19)20/h6-10H,14H2,1-5H3,(H,15,18)(H,16,17)(H,19,20)/t8-,9-,10-/m1/s1. The highest BCUT2D eigenvalue weighted by Gasteiger charge is 2.29. The van der Waals surface area contributed by atoms with Crippen LogP contribution >= 0.6 is 0 Å². The Morgan fingerprint density at radius 3 is 1.75 bits per heavy atom. The zero-order valence-electron chi connectivity index (χ0n) is 12.6.